The second-order valence-corrected chi connectivity index (χ2v) is 4.01. The molecule has 0 aliphatic carbocycles. The molecule has 0 aliphatic heterocycles. The van der Waals surface area contributed by atoms with Crippen molar-refractivity contribution in [2.45, 2.75) is 12.5 Å². The summed E-state index contributed by atoms with van der Waals surface area (Å²) in [6.45, 7) is 0.117. The Bertz CT molecular complexity index is 572. The number of carboxylic acid groups (broad SMARTS) is 2. The molecule has 0 saturated carbocycles. The van der Waals surface area contributed by atoms with Gasteiger partial charge in [0.2, 0.25) is 0 Å². The maximum absolute atomic E-state index is 11.0. The van der Waals surface area contributed by atoms with Gasteiger partial charge in [0.1, 0.15) is 18.4 Å². The second-order valence-electron chi connectivity index (χ2n) is 4.01. The Morgan fingerprint density at radius 1 is 1.24 bits per heavy atom. The lowest BCUT2D eigenvalue weighted by molar-refractivity contribution is -0.152. The molecule has 0 unspecified atom stereocenters. The quantitative estimate of drug-likeness (QED) is 0.498. The van der Waals surface area contributed by atoms with Crippen LogP contribution in [0.15, 0.2) is 24.3 Å². The molecule has 7 nitrogen and oxygen atoms in total. The number of rotatable bonds is 6. The van der Waals surface area contributed by atoms with Gasteiger partial charge in [-0.15, -0.1) is 6.42 Å². The fraction of sp³-hybridized carbons (Fsp3) is 0.214. The molecule has 0 spiro atoms. The average Bonchev–Trinajstić information content (AvgIpc) is 2.45. The number of hydrogen-bond acceptors (Lipinski definition) is 4. The van der Waals surface area contributed by atoms with Crippen molar-refractivity contribution in [1.29, 1.82) is 0 Å². The summed E-state index contributed by atoms with van der Waals surface area (Å²) in [5.74, 6) is -1.59. The fourth-order valence-corrected chi connectivity index (χ4v) is 1.50. The molecule has 0 fully saturated rings. The zero-order chi connectivity index (χ0) is 15.8. The predicted molar refractivity (Wildman–Crippen MR) is 71.7 cm³/mol. The van der Waals surface area contributed by atoms with Gasteiger partial charge >= 0.3 is 17.8 Å². The van der Waals surface area contributed by atoms with Crippen molar-refractivity contribution < 1.29 is 29.3 Å². The van der Waals surface area contributed by atoms with Crippen LogP contribution in [0.5, 0.6) is 5.75 Å². The van der Waals surface area contributed by atoms with E-state index in [2.05, 4.69) is 5.92 Å². The van der Waals surface area contributed by atoms with E-state index in [-0.39, 0.29) is 13.0 Å². The number of carbonyl (C=O) groups is 3. The van der Waals surface area contributed by atoms with E-state index in [0.717, 1.165) is 0 Å². The summed E-state index contributed by atoms with van der Waals surface area (Å²) < 4.78 is 5.16. The number of aliphatic carboxylic acids is 2. The Morgan fingerprint density at radius 3 is 2.33 bits per heavy atom. The molecule has 1 aromatic carbocycles. The molecule has 1 aromatic rings. The molecule has 3 N–H and O–H groups in total. The van der Waals surface area contributed by atoms with Gasteiger partial charge in [-0.05, 0) is 17.7 Å². The maximum Gasteiger partial charge on any atom is 0.394 e. The van der Waals surface area contributed by atoms with Crippen LogP contribution in [0.3, 0.4) is 0 Å². The summed E-state index contributed by atoms with van der Waals surface area (Å²) in [4.78, 5) is 32.4. The Kier molecular flexibility index (Phi) is 5.77. The van der Waals surface area contributed by atoms with Crippen molar-refractivity contribution in [3.8, 4) is 18.1 Å². The van der Waals surface area contributed by atoms with Crippen molar-refractivity contribution in [2.75, 3.05) is 6.61 Å². The number of amides is 1. The van der Waals surface area contributed by atoms with Crippen molar-refractivity contribution in [1.82, 2.24) is 5.32 Å². The Labute approximate surface area is 120 Å². The number of hydrogen-bond donors (Lipinski definition) is 3. The van der Waals surface area contributed by atoms with E-state index in [9.17, 15) is 14.4 Å². The highest BCUT2D eigenvalue weighted by Crippen LogP contribution is 2.13. The van der Waals surface area contributed by atoms with E-state index in [4.69, 9.17) is 21.4 Å². The van der Waals surface area contributed by atoms with Crippen molar-refractivity contribution >= 4 is 17.8 Å². The van der Waals surface area contributed by atoms with Crippen LogP contribution in [0, 0.1) is 12.3 Å². The summed E-state index contributed by atoms with van der Waals surface area (Å²) >= 11 is 0. The van der Waals surface area contributed by atoms with Crippen LogP contribution in [0.1, 0.15) is 5.56 Å². The lowest BCUT2D eigenvalue weighted by atomic mass is 10.1. The zero-order valence-electron chi connectivity index (χ0n) is 10.9. The highest BCUT2D eigenvalue weighted by atomic mass is 16.5. The molecule has 7 heteroatoms. The van der Waals surface area contributed by atoms with Gasteiger partial charge in [-0.25, -0.2) is 9.59 Å². The van der Waals surface area contributed by atoms with Gasteiger partial charge in [0.15, 0.2) is 0 Å². The number of ether oxygens (including phenoxy) is 1. The molecule has 0 radical (unpaired) electrons. The van der Waals surface area contributed by atoms with E-state index in [1.807, 2.05) is 5.32 Å². The molecular formula is C14H13NO6. The molecule has 0 heterocycles. The van der Waals surface area contributed by atoms with Gasteiger partial charge < -0.3 is 20.3 Å². The minimum atomic E-state index is -1.74. The molecule has 1 rings (SSSR count). The topological polar surface area (TPSA) is 113 Å². The van der Waals surface area contributed by atoms with Crippen LogP contribution in [0.25, 0.3) is 0 Å². The van der Waals surface area contributed by atoms with Crippen LogP contribution in [-0.4, -0.2) is 40.7 Å². The molecule has 0 bridgehead atoms. The van der Waals surface area contributed by atoms with E-state index in [0.29, 0.717) is 11.3 Å². The molecule has 110 valence electrons. The smallest absolute Gasteiger partial charge is 0.394 e. The third-order valence-corrected chi connectivity index (χ3v) is 2.48. The van der Waals surface area contributed by atoms with Gasteiger partial charge in [-0.3, -0.25) is 4.79 Å². The highest BCUT2D eigenvalue weighted by Gasteiger charge is 2.23. The minimum absolute atomic E-state index is 0.0518. The fourth-order valence-electron chi connectivity index (χ4n) is 1.50. The minimum Gasteiger partial charge on any atom is -0.481 e. The molecule has 0 aliphatic rings. The predicted octanol–water partition coefficient (Wildman–Crippen LogP) is -0.105. The van der Waals surface area contributed by atoms with Gasteiger partial charge in [-0.1, -0.05) is 18.1 Å². The monoisotopic (exact) mass is 291 g/mol. The molecule has 1 amide bonds. The van der Waals surface area contributed by atoms with E-state index in [1.165, 1.54) is 0 Å². The normalized spacial score (nSPS) is 11.0. The van der Waals surface area contributed by atoms with Crippen LogP contribution in [0.2, 0.25) is 0 Å². The van der Waals surface area contributed by atoms with Gasteiger partial charge in [-0.2, -0.15) is 0 Å². The average molecular weight is 291 g/mol. The van der Waals surface area contributed by atoms with Crippen molar-refractivity contribution in [2.24, 2.45) is 0 Å². The van der Waals surface area contributed by atoms with Gasteiger partial charge in [0, 0.05) is 6.42 Å². The number of nitrogens with one attached hydrogen (secondary N) is 1. The number of carboxylic acids is 2. The van der Waals surface area contributed by atoms with Crippen LogP contribution in [-0.2, 0) is 20.8 Å². The lowest BCUT2D eigenvalue weighted by Crippen LogP contribution is -2.45. The third kappa shape index (κ3) is 5.24. The third-order valence-electron chi connectivity index (χ3n) is 2.48. The van der Waals surface area contributed by atoms with Gasteiger partial charge in [0.25, 0.3) is 0 Å². The maximum atomic E-state index is 11.0. The molecule has 1 atom stereocenters. The van der Waals surface area contributed by atoms with Crippen molar-refractivity contribution in [3.63, 3.8) is 0 Å². The first kappa shape index (κ1) is 16.0. The van der Waals surface area contributed by atoms with E-state index >= 15 is 0 Å². The van der Waals surface area contributed by atoms with Crippen LogP contribution >= 0.6 is 0 Å². The van der Waals surface area contributed by atoms with E-state index in [1.54, 1.807) is 24.3 Å². The first-order valence-corrected chi connectivity index (χ1v) is 5.86. The Hall–Kier alpha value is -3.01. The summed E-state index contributed by atoms with van der Waals surface area (Å²) in [5.41, 5.74) is 0.598. The second kappa shape index (κ2) is 7.55. The Morgan fingerprint density at radius 2 is 1.86 bits per heavy atom. The Balaban J connectivity index is 2.71. The number of benzene rings is 1. The first-order valence-electron chi connectivity index (χ1n) is 5.86. The summed E-state index contributed by atoms with van der Waals surface area (Å²) in [6.07, 6.45) is 5.00. The lowest BCUT2D eigenvalue weighted by Gasteiger charge is -2.13. The first-order chi connectivity index (χ1) is 9.93. The van der Waals surface area contributed by atoms with Crippen LogP contribution < -0.4 is 10.1 Å². The SMILES string of the molecule is C#CCOc1ccc(C[C@@H](NC(=O)C(=O)O)C(=O)O)cc1. The number of carbonyl (C=O) groups excluding carboxylic acids is 1. The summed E-state index contributed by atoms with van der Waals surface area (Å²) in [6, 6.07) is 5.09. The van der Waals surface area contributed by atoms with Crippen molar-refractivity contribution in [3.05, 3.63) is 29.8 Å². The molecule has 21 heavy (non-hydrogen) atoms. The standard InChI is InChI=1S/C14H13NO6/c1-2-7-21-10-5-3-9(4-6-10)8-11(13(17)18)15-12(16)14(19)20/h1,3-6,11H,7-8H2,(H,15,16)(H,17,18)(H,19,20)/t11-/m1/s1. The van der Waals surface area contributed by atoms with Gasteiger partial charge in [0.05, 0.1) is 0 Å². The molecule has 0 aromatic heterocycles. The largest absolute Gasteiger partial charge is 0.481 e. The summed E-state index contributed by atoms with van der Waals surface area (Å²) in [7, 11) is 0. The van der Waals surface area contributed by atoms with Crippen LogP contribution in [0.4, 0.5) is 0 Å². The number of terminal acetylenes is 1. The summed E-state index contributed by atoms with van der Waals surface area (Å²) in [5, 5.41) is 19.4. The highest BCUT2D eigenvalue weighted by molar-refractivity contribution is 6.31. The molecular weight excluding hydrogens is 278 g/mol. The zero-order valence-corrected chi connectivity index (χ0v) is 10.9. The van der Waals surface area contributed by atoms with E-state index < -0.39 is 23.9 Å². The molecule has 0 saturated heterocycles.